The Morgan fingerprint density at radius 3 is 2.84 bits per heavy atom. The first kappa shape index (κ1) is 16.4. The predicted molar refractivity (Wildman–Crippen MR) is 97.3 cm³/mol. The van der Waals surface area contributed by atoms with Crippen molar-refractivity contribution in [2.45, 2.75) is 65.0 Å². The Morgan fingerprint density at radius 1 is 1.16 bits per heavy atom. The Balaban J connectivity index is 1.53. The van der Waals surface area contributed by atoms with E-state index >= 15 is 0 Å². The molecular weight excluding hydrogens is 314 g/mol. The number of ether oxygens (including phenoxy) is 1. The molecule has 0 amide bonds. The van der Waals surface area contributed by atoms with Gasteiger partial charge < -0.3 is 14.2 Å². The molecule has 1 saturated heterocycles. The molecule has 25 heavy (non-hydrogen) atoms. The summed E-state index contributed by atoms with van der Waals surface area (Å²) in [6, 6.07) is 0.478. The summed E-state index contributed by atoms with van der Waals surface area (Å²) in [5.74, 6) is 2.68. The van der Waals surface area contributed by atoms with Crippen LogP contribution in [0, 0.1) is 6.92 Å². The van der Waals surface area contributed by atoms with Gasteiger partial charge in [-0.1, -0.05) is 0 Å². The van der Waals surface area contributed by atoms with Crippen LogP contribution in [0.25, 0.3) is 0 Å². The molecule has 0 radical (unpaired) electrons. The molecule has 6 heteroatoms. The van der Waals surface area contributed by atoms with Crippen molar-refractivity contribution in [2.75, 3.05) is 18.0 Å². The van der Waals surface area contributed by atoms with Crippen LogP contribution in [0.3, 0.4) is 0 Å². The average molecular weight is 341 g/mol. The van der Waals surface area contributed by atoms with Crippen molar-refractivity contribution >= 4 is 5.82 Å². The van der Waals surface area contributed by atoms with E-state index in [-0.39, 0.29) is 6.10 Å². The first-order valence-corrected chi connectivity index (χ1v) is 9.42. The standard InChI is InChI=1S/C19H27N5O/c1-13(2)25-19-11-20-10-18(22-19)23-9-8-15(12-23)24-14(3)21-16-6-4-5-7-17(16)24/h10-11,13,15H,4-9,12H2,1-3H3/t15-/m0/s1. The molecule has 1 aliphatic heterocycles. The summed E-state index contributed by atoms with van der Waals surface area (Å²) in [4.78, 5) is 16.1. The summed E-state index contributed by atoms with van der Waals surface area (Å²) in [5, 5.41) is 0. The topological polar surface area (TPSA) is 56.1 Å². The Hall–Kier alpha value is -2.11. The van der Waals surface area contributed by atoms with Crippen molar-refractivity contribution in [3.05, 3.63) is 29.6 Å². The summed E-state index contributed by atoms with van der Waals surface area (Å²) < 4.78 is 8.19. The number of aryl methyl sites for hydroxylation is 2. The van der Waals surface area contributed by atoms with Gasteiger partial charge in [-0.05, 0) is 52.9 Å². The smallest absolute Gasteiger partial charge is 0.234 e. The van der Waals surface area contributed by atoms with Gasteiger partial charge in [0.05, 0.1) is 30.2 Å². The molecule has 0 saturated carbocycles. The van der Waals surface area contributed by atoms with Crippen LogP contribution < -0.4 is 9.64 Å². The molecule has 134 valence electrons. The minimum Gasteiger partial charge on any atom is -0.474 e. The number of fused-ring (bicyclic) bond motifs is 1. The second-order valence-electron chi connectivity index (χ2n) is 7.40. The Bertz CT molecular complexity index is 754. The van der Waals surface area contributed by atoms with E-state index in [0.29, 0.717) is 11.9 Å². The number of rotatable bonds is 4. The van der Waals surface area contributed by atoms with Crippen LogP contribution >= 0.6 is 0 Å². The lowest BCUT2D eigenvalue weighted by Crippen LogP contribution is -2.23. The number of hydrogen-bond donors (Lipinski definition) is 0. The molecule has 1 atom stereocenters. The van der Waals surface area contributed by atoms with E-state index in [1.54, 1.807) is 6.20 Å². The van der Waals surface area contributed by atoms with Crippen molar-refractivity contribution in [3.63, 3.8) is 0 Å². The summed E-state index contributed by atoms with van der Waals surface area (Å²) in [6.07, 6.45) is 9.63. The molecule has 4 rings (SSSR count). The minimum atomic E-state index is 0.107. The monoisotopic (exact) mass is 341 g/mol. The van der Waals surface area contributed by atoms with E-state index in [0.717, 1.165) is 31.7 Å². The fourth-order valence-electron chi connectivity index (χ4n) is 4.13. The highest BCUT2D eigenvalue weighted by Gasteiger charge is 2.30. The van der Waals surface area contributed by atoms with Crippen LogP contribution in [-0.4, -0.2) is 38.7 Å². The predicted octanol–water partition coefficient (Wildman–Crippen LogP) is 3.10. The lowest BCUT2D eigenvalue weighted by Gasteiger charge is -2.22. The zero-order chi connectivity index (χ0) is 17.4. The van der Waals surface area contributed by atoms with E-state index in [1.807, 2.05) is 20.0 Å². The van der Waals surface area contributed by atoms with Crippen molar-refractivity contribution in [1.82, 2.24) is 19.5 Å². The Labute approximate surface area is 149 Å². The summed E-state index contributed by atoms with van der Waals surface area (Å²) in [6.45, 7) is 8.12. The second kappa shape index (κ2) is 6.65. The van der Waals surface area contributed by atoms with Gasteiger partial charge in [0, 0.05) is 18.8 Å². The maximum absolute atomic E-state index is 5.69. The van der Waals surface area contributed by atoms with Gasteiger partial charge in [-0.3, -0.25) is 4.98 Å². The zero-order valence-electron chi connectivity index (χ0n) is 15.4. The van der Waals surface area contributed by atoms with Gasteiger partial charge in [0.15, 0.2) is 5.82 Å². The number of anilines is 1. The highest BCUT2D eigenvalue weighted by molar-refractivity contribution is 5.39. The van der Waals surface area contributed by atoms with E-state index in [9.17, 15) is 0 Å². The molecule has 0 bridgehead atoms. The molecule has 1 aliphatic carbocycles. The van der Waals surface area contributed by atoms with Crippen LogP contribution in [0.5, 0.6) is 5.88 Å². The third-order valence-corrected chi connectivity index (χ3v) is 5.16. The largest absolute Gasteiger partial charge is 0.474 e. The lowest BCUT2D eigenvalue weighted by atomic mass is 10.0. The molecule has 1 fully saturated rings. The number of hydrogen-bond acceptors (Lipinski definition) is 5. The number of aromatic nitrogens is 4. The van der Waals surface area contributed by atoms with Crippen LogP contribution in [0.4, 0.5) is 5.82 Å². The first-order valence-electron chi connectivity index (χ1n) is 9.42. The Kier molecular flexibility index (Phi) is 4.36. The third-order valence-electron chi connectivity index (χ3n) is 5.16. The molecule has 2 aromatic rings. The quantitative estimate of drug-likeness (QED) is 0.855. The van der Waals surface area contributed by atoms with Gasteiger partial charge in [-0.15, -0.1) is 0 Å². The third kappa shape index (κ3) is 3.22. The van der Waals surface area contributed by atoms with Crippen LogP contribution in [-0.2, 0) is 12.8 Å². The van der Waals surface area contributed by atoms with Gasteiger partial charge >= 0.3 is 0 Å². The molecule has 3 heterocycles. The normalized spacial score (nSPS) is 20.2. The lowest BCUT2D eigenvalue weighted by molar-refractivity contribution is 0.231. The molecule has 2 aliphatic rings. The maximum Gasteiger partial charge on any atom is 0.234 e. The molecule has 2 aromatic heterocycles. The van der Waals surface area contributed by atoms with Gasteiger partial charge in [0.1, 0.15) is 5.82 Å². The first-order chi connectivity index (χ1) is 12.1. The van der Waals surface area contributed by atoms with Crippen molar-refractivity contribution < 1.29 is 4.74 Å². The van der Waals surface area contributed by atoms with Gasteiger partial charge in [-0.2, -0.15) is 4.98 Å². The highest BCUT2D eigenvalue weighted by Crippen LogP contribution is 2.32. The van der Waals surface area contributed by atoms with Crippen LogP contribution in [0.2, 0.25) is 0 Å². The molecule has 0 N–H and O–H groups in total. The van der Waals surface area contributed by atoms with Crippen molar-refractivity contribution in [1.29, 1.82) is 0 Å². The highest BCUT2D eigenvalue weighted by atomic mass is 16.5. The summed E-state index contributed by atoms with van der Waals surface area (Å²) in [7, 11) is 0. The summed E-state index contributed by atoms with van der Waals surface area (Å²) in [5.41, 5.74) is 2.80. The molecule has 0 aromatic carbocycles. The summed E-state index contributed by atoms with van der Waals surface area (Å²) >= 11 is 0. The molecule has 0 unspecified atom stereocenters. The fraction of sp³-hybridized carbons (Fsp3) is 0.632. The molecule has 0 spiro atoms. The SMILES string of the molecule is Cc1nc2c(n1[C@H]1CCN(c3cncc(OC(C)C)n3)C1)CCCC2. The second-order valence-corrected chi connectivity index (χ2v) is 7.40. The molecular formula is C19H27N5O. The van der Waals surface area contributed by atoms with Gasteiger partial charge in [0.25, 0.3) is 0 Å². The molecule has 6 nitrogen and oxygen atoms in total. The maximum atomic E-state index is 5.69. The number of imidazole rings is 1. The van der Waals surface area contributed by atoms with Gasteiger partial charge in [-0.25, -0.2) is 4.98 Å². The van der Waals surface area contributed by atoms with Crippen LogP contribution in [0.15, 0.2) is 12.4 Å². The minimum absolute atomic E-state index is 0.107. The fourth-order valence-corrected chi connectivity index (χ4v) is 4.13. The Morgan fingerprint density at radius 2 is 2.00 bits per heavy atom. The van der Waals surface area contributed by atoms with Gasteiger partial charge in [0.2, 0.25) is 5.88 Å². The van der Waals surface area contributed by atoms with E-state index in [4.69, 9.17) is 9.72 Å². The van der Waals surface area contributed by atoms with E-state index < -0.39 is 0 Å². The average Bonchev–Trinajstić information content (AvgIpc) is 3.17. The van der Waals surface area contributed by atoms with E-state index in [2.05, 4.69) is 26.4 Å². The number of nitrogens with zero attached hydrogens (tertiary/aromatic N) is 5. The van der Waals surface area contributed by atoms with E-state index in [1.165, 1.54) is 36.5 Å². The zero-order valence-corrected chi connectivity index (χ0v) is 15.4. The van der Waals surface area contributed by atoms with Crippen LogP contribution in [0.1, 0.15) is 56.4 Å². The van der Waals surface area contributed by atoms with Crippen molar-refractivity contribution in [2.24, 2.45) is 0 Å². The van der Waals surface area contributed by atoms with Crippen molar-refractivity contribution in [3.8, 4) is 5.88 Å².